The molecule has 1 fully saturated rings. The van der Waals surface area contributed by atoms with Crippen LogP contribution in [0.15, 0.2) is 12.4 Å². The summed E-state index contributed by atoms with van der Waals surface area (Å²) in [6, 6.07) is 0. The van der Waals surface area contributed by atoms with Crippen LogP contribution >= 0.6 is 0 Å². The lowest BCUT2D eigenvalue weighted by molar-refractivity contribution is 0.449. The van der Waals surface area contributed by atoms with Gasteiger partial charge in [-0.3, -0.25) is 4.68 Å². The van der Waals surface area contributed by atoms with Crippen molar-refractivity contribution in [2.45, 2.75) is 13.0 Å². The van der Waals surface area contributed by atoms with Crippen molar-refractivity contribution in [1.29, 1.82) is 0 Å². The Hall–Kier alpha value is -1.04. The van der Waals surface area contributed by atoms with Crippen molar-refractivity contribution in [3.05, 3.63) is 12.4 Å². The smallest absolute Gasteiger partial charge is 0.153 e. The number of sulfone groups is 1. The maximum absolute atomic E-state index is 11.2. The first-order valence-corrected chi connectivity index (χ1v) is 6.29. The molecule has 0 bridgehead atoms. The van der Waals surface area contributed by atoms with Crippen LogP contribution in [0, 0.1) is 5.92 Å². The van der Waals surface area contributed by atoms with Crippen molar-refractivity contribution in [2.24, 2.45) is 5.92 Å². The largest absolute Gasteiger partial charge is 0.505 e. The Morgan fingerprint density at radius 3 is 2.93 bits per heavy atom. The first-order valence-electron chi connectivity index (χ1n) is 4.47. The maximum Gasteiger partial charge on any atom is 0.153 e. The zero-order valence-electron chi connectivity index (χ0n) is 7.63. The van der Waals surface area contributed by atoms with E-state index in [2.05, 4.69) is 5.10 Å². The predicted molar refractivity (Wildman–Crippen MR) is 50.7 cm³/mol. The van der Waals surface area contributed by atoms with E-state index in [1.807, 2.05) is 0 Å². The molecule has 1 aliphatic heterocycles. The summed E-state index contributed by atoms with van der Waals surface area (Å²) in [5.74, 6) is 0.781. The Kier molecular flexibility index (Phi) is 2.22. The third-order valence-electron chi connectivity index (χ3n) is 2.39. The fourth-order valence-corrected chi connectivity index (χ4v) is 3.58. The number of aromatic hydroxyl groups is 1. The first-order chi connectivity index (χ1) is 6.55. The molecule has 2 rings (SSSR count). The van der Waals surface area contributed by atoms with Crippen LogP contribution in [0.3, 0.4) is 0 Å². The van der Waals surface area contributed by atoms with Crippen molar-refractivity contribution in [3.8, 4) is 5.75 Å². The normalized spacial score (nSPS) is 25.3. The minimum absolute atomic E-state index is 0.117. The molecule has 1 atom stereocenters. The predicted octanol–water partition coefficient (Wildman–Crippen LogP) is 0.0234. The Balaban J connectivity index is 2.00. The van der Waals surface area contributed by atoms with Gasteiger partial charge in [0, 0.05) is 6.54 Å². The minimum atomic E-state index is -2.81. The van der Waals surface area contributed by atoms with Crippen LogP contribution < -0.4 is 0 Å². The molecule has 5 nitrogen and oxygen atoms in total. The topological polar surface area (TPSA) is 72.2 Å². The zero-order valence-corrected chi connectivity index (χ0v) is 8.44. The summed E-state index contributed by atoms with van der Waals surface area (Å²) in [7, 11) is -2.81. The van der Waals surface area contributed by atoms with Crippen molar-refractivity contribution >= 4 is 9.84 Å². The number of nitrogens with zero attached hydrogens (tertiary/aromatic N) is 2. The van der Waals surface area contributed by atoms with Crippen LogP contribution in [0.5, 0.6) is 5.75 Å². The van der Waals surface area contributed by atoms with Crippen molar-refractivity contribution in [1.82, 2.24) is 9.78 Å². The summed E-state index contributed by atoms with van der Waals surface area (Å²) in [5, 5.41) is 12.9. The third kappa shape index (κ3) is 2.06. The lowest BCUT2D eigenvalue weighted by atomic mass is 10.1. The van der Waals surface area contributed by atoms with Gasteiger partial charge in [-0.2, -0.15) is 5.10 Å². The van der Waals surface area contributed by atoms with Gasteiger partial charge in [0.15, 0.2) is 15.6 Å². The van der Waals surface area contributed by atoms with Gasteiger partial charge in [-0.25, -0.2) is 8.42 Å². The van der Waals surface area contributed by atoms with E-state index in [0.717, 1.165) is 0 Å². The Labute approximate surface area is 82.3 Å². The lowest BCUT2D eigenvalue weighted by Gasteiger charge is -2.06. The van der Waals surface area contributed by atoms with E-state index in [1.165, 1.54) is 12.4 Å². The Morgan fingerprint density at radius 1 is 1.64 bits per heavy atom. The second-order valence-electron chi connectivity index (χ2n) is 3.69. The summed E-state index contributed by atoms with van der Waals surface area (Å²) >= 11 is 0. The van der Waals surface area contributed by atoms with E-state index in [1.54, 1.807) is 4.68 Å². The maximum atomic E-state index is 11.2. The van der Waals surface area contributed by atoms with E-state index >= 15 is 0 Å². The molecule has 1 unspecified atom stereocenters. The molecule has 1 aliphatic rings. The molecule has 1 saturated heterocycles. The average Bonchev–Trinajstić information content (AvgIpc) is 2.59. The highest BCUT2D eigenvalue weighted by atomic mass is 32.2. The van der Waals surface area contributed by atoms with Crippen LogP contribution in [-0.4, -0.2) is 34.8 Å². The lowest BCUT2D eigenvalue weighted by Crippen LogP contribution is -2.12. The highest BCUT2D eigenvalue weighted by Gasteiger charge is 2.28. The van der Waals surface area contributed by atoms with Gasteiger partial charge in [-0.15, -0.1) is 0 Å². The van der Waals surface area contributed by atoms with Crippen LogP contribution in [0.2, 0.25) is 0 Å². The highest BCUT2D eigenvalue weighted by Crippen LogP contribution is 2.20. The first kappa shape index (κ1) is 9.51. The monoisotopic (exact) mass is 216 g/mol. The molecular formula is C8H12N2O3S. The molecule has 78 valence electrons. The number of hydrogen-bond donors (Lipinski definition) is 1. The van der Waals surface area contributed by atoms with Gasteiger partial charge < -0.3 is 5.11 Å². The summed E-state index contributed by atoms with van der Waals surface area (Å²) in [6.45, 7) is 0.569. The molecule has 1 N–H and O–H groups in total. The van der Waals surface area contributed by atoms with E-state index < -0.39 is 9.84 Å². The molecule has 0 aromatic carbocycles. The zero-order chi connectivity index (χ0) is 10.2. The molecule has 0 aliphatic carbocycles. The fraction of sp³-hybridized carbons (Fsp3) is 0.625. The van der Waals surface area contributed by atoms with Gasteiger partial charge in [0.25, 0.3) is 0 Å². The second kappa shape index (κ2) is 3.27. The summed E-state index contributed by atoms with van der Waals surface area (Å²) in [6.07, 6.45) is 3.55. The van der Waals surface area contributed by atoms with Gasteiger partial charge in [0.1, 0.15) is 0 Å². The van der Waals surface area contributed by atoms with Crippen LogP contribution in [-0.2, 0) is 16.4 Å². The van der Waals surface area contributed by atoms with Gasteiger partial charge in [0.2, 0.25) is 0 Å². The van der Waals surface area contributed by atoms with Gasteiger partial charge in [-0.1, -0.05) is 0 Å². The molecule has 0 radical (unpaired) electrons. The van der Waals surface area contributed by atoms with Crippen molar-refractivity contribution in [2.75, 3.05) is 11.5 Å². The fourth-order valence-electron chi connectivity index (χ4n) is 1.73. The molecule has 1 aromatic rings. The average molecular weight is 216 g/mol. The summed E-state index contributed by atoms with van der Waals surface area (Å²) < 4.78 is 23.9. The summed E-state index contributed by atoms with van der Waals surface area (Å²) in [4.78, 5) is 0. The van der Waals surface area contributed by atoms with E-state index in [4.69, 9.17) is 5.11 Å². The van der Waals surface area contributed by atoms with Crippen molar-refractivity contribution < 1.29 is 13.5 Å². The molecule has 1 aromatic heterocycles. The van der Waals surface area contributed by atoms with E-state index in [-0.39, 0.29) is 23.2 Å². The van der Waals surface area contributed by atoms with Crippen LogP contribution in [0.25, 0.3) is 0 Å². The SMILES string of the molecule is O=S1(=O)CCC(Cn2cc(O)cn2)C1. The van der Waals surface area contributed by atoms with Gasteiger partial charge in [-0.05, 0) is 12.3 Å². The number of aromatic nitrogens is 2. The molecule has 2 heterocycles. The quantitative estimate of drug-likeness (QED) is 0.756. The molecule has 0 saturated carbocycles. The number of rotatable bonds is 2. The third-order valence-corrected chi connectivity index (χ3v) is 4.23. The summed E-state index contributed by atoms with van der Waals surface area (Å²) in [5.41, 5.74) is 0. The minimum Gasteiger partial charge on any atom is -0.505 e. The molecular weight excluding hydrogens is 204 g/mol. The standard InChI is InChI=1S/C8H12N2O3S/c11-8-3-9-10(5-8)4-7-1-2-14(12,13)6-7/h3,5,7,11H,1-2,4,6H2. The van der Waals surface area contributed by atoms with Gasteiger partial charge in [0.05, 0.1) is 23.9 Å². The van der Waals surface area contributed by atoms with E-state index in [9.17, 15) is 8.42 Å². The molecule has 0 amide bonds. The second-order valence-corrected chi connectivity index (χ2v) is 5.92. The molecule has 14 heavy (non-hydrogen) atoms. The molecule has 6 heteroatoms. The van der Waals surface area contributed by atoms with Gasteiger partial charge >= 0.3 is 0 Å². The Bertz CT molecular complexity index is 424. The van der Waals surface area contributed by atoms with E-state index in [0.29, 0.717) is 13.0 Å². The Morgan fingerprint density at radius 2 is 2.43 bits per heavy atom. The number of hydrogen-bond acceptors (Lipinski definition) is 4. The van der Waals surface area contributed by atoms with Crippen LogP contribution in [0.4, 0.5) is 0 Å². The van der Waals surface area contributed by atoms with Crippen molar-refractivity contribution in [3.63, 3.8) is 0 Å². The van der Waals surface area contributed by atoms with Crippen LogP contribution in [0.1, 0.15) is 6.42 Å². The molecule has 0 spiro atoms. The highest BCUT2D eigenvalue weighted by molar-refractivity contribution is 7.91.